The van der Waals surface area contributed by atoms with Gasteiger partial charge in [0.15, 0.2) is 5.89 Å². The second kappa shape index (κ2) is 7.83. The maximum atomic E-state index is 13.1. The number of hydrogen-bond donors (Lipinski definition) is 0. The van der Waals surface area contributed by atoms with Crippen LogP contribution in [0.5, 0.6) is 0 Å². The Morgan fingerprint density at radius 1 is 1.32 bits per heavy atom. The van der Waals surface area contributed by atoms with Gasteiger partial charge in [-0.05, 0) is 44.4 Å². The van der Waals surface area contributed by atoms with Crippen LogP contribution in [0, 0.1) is 19.7 Å². The first kappa shape index (κ1) is 18.8. The van der Waals surface area contributed by atoms with Crippen molar-refractivity contribution >= 4 is 17.2 Å². The highest BCUT2D eigenvalue weighted by atomic mass is 32.1. The van der Waals surface area contributed by atoms with E-state index in [9.17, 15) is 9.18 Å². The zero-order valence-corrected chi connectivity index (χ0v) is 16.8. The highest BCUT2D eigenvalue weighted by Crippen LogP contribution is 2.29. The summed E-state index contributed by atoms with van der Waals surface area (Å²) in [5.74, 6) is 1.31. The molecule has 1 saturated heterocycles. The number of nitrogens with zero attached hydrogens (tertiary/aromatic N) is 3. The van der Waals surface area contributed by atoms with Crippen LogP contribution in [0.4, 0.5) is 4.39 Å². The number of likely N-dealkylation sites (tertiary alicyclic amines) is 1. The second-order valence-corrected chi connectivity index (χ2v) is 8.41. The van der Waals surface area contributed by atoms with E-state index in [1.54, 1.807) is 18.3 Å². The number of benzene rings is 1. The lowest BCUT2D eigenvalue weighted by atomic mass is 9.98. The molecule has 146 valence electrons. The predicted octanol–water partition coefficient (Wildman–Crippen LogP) is 4.50. The molecule has 0 saturated carbocycles. The fourth-order valence-corrected chi connectivity index (χ4v) is 4.52. The van der Waals surface area contributed by atoms with Gasteiger partial charge >= 0.3 is 0 Å². The van der Waals surface area contributed by atoms with E-state index in [1.165, 1.54) is 23.5 Å². The lowest BCUT2D eigenvalue weighted by molar-refractivity contribution is 0.0702. The van der Waals surface area contributed by atoms with Crippen LogP contribution in [0.25, 0.3) is 0 Å². The van der Waals surface area contributed by atoms with E-state index < -0.39 is 0 Å². The first-order chi connectivity index (χ1) is 13.5. The van der Waals surface area contributed by atoms with Crippen LogP contribution in [0.15, 0.2) is 34.9 Å². The number of piperidine rings is 1. The van der Waals surface area contributed by atoms with Crippen molar-refractivity contribution in [3.05, 3.63) is 69.1 Å². The Labute approximate surface area is 167 Å². The van der Waals surface area contributed by atoms with Crippen molar-refractivity contribution < 1.29 is 13.6 Å². The third-order valence-corrected chi connectivity index (χ3v) is 6.08. The fourth-order valence-electron chi connectivity index (χ4n) is 3.63. The van der Waals surface area contributed by atoms with Crippen molar-refractivity contribution in [3.8, 4) is 0 Å². The van der Waals surface area contributed by atoms with Gasteiger partial charge in [0.2, 0.25) is 0 Å². The normalized spacial score (nSPS) is 17.1. The number of carbonyl (C=O) groups excluding carboxylic acids is 1. The zero-order valence-electron chi connectivity index (χ0n) is 15.9. The Balaban J connectivity index is 1.44. The molecule has 1 fully saturated rings. The van der Waals surface area contributed by atoms with E-state index in [2.05, 4.69) is 9.97 Å². The van der Waals surface area contributed by atoms with Crippen molar-refractivity contribution in [2.45, 2.75) is 39.0 Å². The maximum absolute atomic E-state index is 13.1. The molecule has 0 bridgehead atoms. The molecule has 5 nitrogen and oxygen atoms in total. The van der Waals surface area contributed by atoms with E-state index in [0.717, 1.165) is 46.3 Å². The summed E-state index contributed by atoms with van der Waals surface area (Å²) in [4.78, 5) is 24.3. The van der Waals surface area contributed by atoms with Gasteiger partial charge in [0.05, 0.1) is 22.8 Å². The highest BCUT2D eigenvalue weighted by Gasteiger charge is 2.30. The molecule has 4 rings (SSSR count). The Kier molecular flexibility index (Phi) is 5.26. The van der Waals surface area contributed by atoms with Gasteiger partial charge in [-0.2, -0.15) is 0 Å². The molecule has 1 aromatic carbocycles. The summed E-state index contributed by atoms with van der Waals surface area (Å²) in [5, 5.41) is 0.910. The van der Waals surface area contributed by atoms with E-state index in [-0.39, 0.29) is 17.6 Å². The smallest absolute Gasteiger partial charge is 0.265 e. The molecular weight excluding hydrogens is 377 g/mol. The molecule has 28 heavy (non-hydrogen) atoms. The molecule has 1 aliphatic heterocycles. The molecule has 0 spiro atoms. The van der Waals surface area contributed by atoms with E-state index in [1.807, 2.05) is 18.7 Å². The SMILES string of the molecule is Cc1nc(C)c(C(=O)N2CCC[C@H](c3ncc(Cc4ccc(F)cc4)o3)C2)s1. The summed E-state index contributed by atoms with van der Waals surface area (Å²) < 4.78 is 19.0. The Hall–Kier alpha value is -2.54. The quantitative estimate of drug-likeness (QED) is 0.648. The number of amides is 1. The molecule has 0 aliphatic carbocycles. The van der Waals surface area contributed by atoms with Crippen LogP contribution in [0.1, 0.15) is 56.3 Å². The van der Waals surface area contributed by atoms with Crippen LogP contribution in [-0.2, 0) is 6.42 Å². The van der Waals surface area contributed by atoms with Crippen molar-refractivity contribution in [1.82, 2.24) is 14.9 Å². The van der Waals surface area contributed by atoms with Crippen molar-refractivity contribution in [2.24, 2.45) is 0 Å². The lowest BCUT2D eigenvalue weighted by Gasteiger charge is -2.31. The van der Waals surface area contributed by atoms with Crippen LogP contribution >= 0.6 is 11.3 Å². The lowest BCUT2D eigenvalue weighted by Crippen LogP contribution is -2.39. The summed E-state index contributed by atoms with van der Waals surface area (Å²) in [6.45, 7) is 5.15. The minimum absolute atomic E-state index is 0.0471. The third kappa shape index (κ3) is 3.99. The van der Waals surface area contributed by atoms with E-state index in [4.69, 9.17) is 4.42 Å². The number of aromatic nitrogens is 2. The molecule has 0 radical (unpaired) electrons. The van der Waals surface area contributed by atoms with Gasteiger partial charge in [-0.1, -0.05) is 12.1 Å². The van der Waals surface area contributed by atoms with Gasteiger partial charge in [-0.3, -0.25) is 4.79 Å². The first-order valence-corrected chi connectivity index (χ1v) is 10.2. The molecule has 0 N–H and O–H groups in total. The third-order valence-electron chi connectivity index (χ3n) is 5.02. The molecule has 1 amide bonds. The Morgan fingerprint density at radius 3 is 2.82 bits per heavy atom. The van der Waals surface area contributed by atoms with Gasteiger partial charge in [0, 0.05) is 19.5 Å². The minimum Gasteiger partial charge on any atom is -0.445 e. The summed E-state index contributed by atoms with van der Waals surface area (Å²) in [6, 6.07) is 6.39. The fraction of sp³-hybridized carbons (Fsp3) is 0.381. The molecule has 2 aromatic heterocycles. The van der Waals surface area contributed by atoms with E-state index in [0.29, 0.717) is 18.9 Å². The topological polar surface area (TPSA) is 59.2 Å². The van der Waals surface area contributed by atoms with Crippen molar-refractivity contribution in [2.75, 3.05) is 13.1 Å². The first-order valence-electron chi connectivity index (χ1n) is 9.42. The number of rotatable bonds is 4. The largest absolute Gasteiger partial charge is 0.445 e. The average Bonchev–Trinajstić information content (AvgIpc) is 3.29. The van der Waals surface area contributed by atoms with Gasteiger partial charge in [0.1, 0.15) is 16.5 Å². The number of thiazole rings is 1. The Bertz CT molecular complexity index is 980. The Morgan fingerprint density at radius 2 is 2.11 bits per heavy atom. The van der Waals surface area contributed by atoms with Crippen molar-refractivity contribution in [1.29, 1.82) is 0 Å². The maximum Gasteiger partial charge on any atom is 0.265 e. The molecule has 3 heterocycles. The molecule has 1 atom stereocenters. The van der Waals surface area contributed by atoms with Gasteiger partial charge in [-0.25, -0.2) is 14.4 Å². The second-order valence-electron chi connectivity index (χ2n) is 7.21. The number of hydrogen-bond acceptors (Lipinski definition) is 5. The van der Waals surface area contributed by atoms with Crippen LogP contribution < -0.4 is 0 Å². The van der Waals surface area contributed by atoms with E-state index >= 15 is 0 Å². The summed E-state index contributed by atoms with van der Waals surface area (Å²) >= 11 is 1.45. The van der Waals surface area contributed by atoms with Crippen molar-refractivity contribution in [3.63, 3.8) is 0 Å². The number of oxazole rings is 1. The standard InChI is InChI=1S/C21H22FN3O2S/c1-13-19(28-14(2)24-13)21(26)25-9-3-4-16(12-25)20-23-11-18(27-20)10-15-5-7-17(22)8-6-15/h5-8,11,16H,3-4,9-10,12H2,1-2H3/t16-/m0/s1. The highest BCUT2D eigenvalue weighted by molar-refractivity contribution is 7.13. The average molecular weight is 399 g/mol. The predicted molar refractivity (Wildman–Crippen MR) is 105 cm³/mol. The molecule has 0 unspecified atom stereocenters. The zero-order chi connectivity index (χ0) is 19.7. The molecule has 3 aromatic rings. The monoisotopic (exact) mass is 399 g/mol. The van der Waals surface area contributed by atoms with Crippen LogP contribution in [0.2, 0.25) is 0 Å². The van der Waals surface area contributed by atoms with Gasteiger partial charge in [-0.15, -0.1) is 11.3 Å². The summed E-state index contributed by atoms with van der Waals surface area (Å²) in [6.07, 6.45) is 4.17. The molecule has 7 heteroatoms. The summed E-state index contributed by atoms with van der Waals surface area (Å²) in [5.41, 5.74) is 1.77. The number of aryl methyl sites for hydroxylation is 2. The molecular formula is C21H22FN3O2S. The number of halogens is 1. The van der Waals surface area contributed by atoms with Gasteiger partial charge in [0.25, 0.3) is 5.91 Å². The van der Waals surface area contributed by atoms with Crippen LogP contribution in [0.3, 0.4) is 0 Å². The minimum atomic E-state index is -0.250. The number of carbonyl (C=O) groups is 1. The summed E-state index contributed by atoms with van der Waals surface area (Å²) in [7, 11) is 0. The molecule has 1 aliphatic rings. The van der Waals surface area contributed by atoms with Gasteiger partial charge < -0.3 is 9.32 Å². The van der Waals surface area contributed by atoms with Crippen LogP contribution in [-0.4, -0.2) is 33.9 Å².